The molecule has 0 atom stereocenters. The highest BCUT2D eigenvalue weighted by Crippen LogP contribution is 2.19. The summed E-state index contributed by atoms with van der Waals surface area (Å²) in [7, 11) is 0. The van der Waals surface area contributed by atoms with Crippen molar-refractivity contribution in [2.24, 2.45) is 0 Å². The smallest absolute Gasteiger partial charge is 0.0398 e. The van der Waals surface area contributed by atoms with Gasteiger partial charge < -0.3 is 4.90 Å². The van der Waals surface area contributed by atoms with Crippen molar-refractivity contribution in [2.45, 2.75) is 13.8 Å². The Hall–Kier alpha value is -0.890. The van der Waals surface area contributed by atoms with Crippen LogP contribution in [0.4, 0.5) is 5.69 Å². The molecule has 0 aliphatic heterocycles. The quantitative estimate of drug-likeness (QED) is 0.590. The molecule has 0 fully saturated rings. The van der Waals surface area contributed by atoms with Gasteiger partial charge in [0.1, 0.15) is 0 Å². The van der Waals surface area contributed by atoms with E-state index in [-0.39, 0.29) is 0 Å². The Morgan fingerprint density at radius 1 is 1.40 bits per heavy atom. The standard InChI is InChI=1S/C13H19NS/c1-4-14(9-11(2)10-15)13-8-6-5-7-12(13)3/h5-8,15H,2,4,9-10H2,1,3H3. The highest BCUT2D eigenvalue weighted by atomic mass is 32.1. The van der Waals surface area contributed by atoms with E-state index in [0.29, 0.717) is 0 Å². The summed E-state index contributed by atoms with van der Waals surface area (Å²) >= 11 is 4.24. The topological polar surface area (TPSA) is 3.24 Å². The summed E-state index contributed by atoms with van der Waals surface area (Å²) in [6.45, 7) is 10.2. The number of rotatable bonds is 5. The Labute approximate surface area is 98.2 Å². The lowest BCUT2D eigenvalue weighted by Crippen LogP contribution is -2.26. The van der Waals surface area contributed by atoms with E-state index in [2.05, 4.69) is 62.2 Å². The minimum absolute atomic E-state index is 0.752. The maximum atomic E-state index is 4.24. The molecule has 0 heterocycles. The predicted molar refractivity (Wildman–Crippen MR) is 72.1 cm³/mol. The molecule has 0 saturated carbocycles. The average molecular weight is 221 g/mol. The van der Waals surface area contributed by atoms with E-state index in [9.17, 15) is 0 Å². The van der Waals surface area contributed by atoms with Gasteiger partial charge in [0.2, 0.25) is 0 Å². The Morgan fingerprint density at radius 3 is 2.60 bits per heavy atom. The number of hydrogen-bond donors (Lipinski definition) is 1. The largest absolute Gasteiger partial charge is 0.368 e. The molecule has 1 aromatic rings. The first kappa shape index (κ1) is 12.2. The lowest BCUT2D eigenvalue weighted by molar-refractivity contribution is 0.878. The van der Waals surface area contributed by atoms with Crippen LogP contribution >= 0.6 is 12.6 Å². The fourth-order valence-electron chi connectivity index (χ4n) is 1.61. The van der Waals surface area contributed by atoms with Crippen LogP contribution in [0.5, 0.6) is 0 Å². The number of nitrogens with zero attached hydrogens (tertiary/aromatic N) is 1. The van der Waals surface area contributed by atoms with Crippen molar-refractivity contribution in [1.29, 1.82) is 0 Å². The molecule has 1 aromatic carbocycles. The lowest BCUT2D eigenvalue weighted by atomic mass is 10.1. The zero-order chi connectivity index (χ0) is 11.3. The number of para-hydroxylation sites is 1. The van der Waals surface area contributed by atoms with Crippen LogP contribution in [0.3, 0.4) is 0 Å². The van der Waals surface area contributed by atoms with Gasteiger partial charge in [0, 0.05) is 24.5 Å². The summed E-state index contributed by atoms with van der Waals surface area (Å²) in [6, 6.07) is 8.45. The molecule has 2 heteroatoms. The number of aryl methyl sites for hydroxylation is 1. The van der Waals surface area contributed by atoms with Crippen molar-refractivity contribution in [3.05, 3.63) is 42.0 Å². The van der Waals surface area contributed by atoms with Crippen LogP contribution in [-0.4, -0.2) is 18.8 Å². The second kappa shape index (κ2) is 5.86. The highest BCUT2D eigenvalue weighted by molar-refractivity contribution is 7.80. The van der Waals surface area contributed by atoms with Gasteiger partial charge in [-0.05, 0) is 31.1 Å². The molecule has 0 unspecified atom stereocenters. The first-order valence-corrected chi connectivity index (χ1v) is 5.90. The molecule has 0 aliphatic rings. The third-order valence-electron chi connectivity index (χ3n) is 2.48. The van der Waals surface area contributed by atoms with Gasteiger partial charge in [-0.3, -0.25) is 0 Å². The van der Waals surface area contributed by atoms with Crippen molar-refractivity contribution >= 4 is 18.3 Å². The monoisotopic (exact) mass is 221 g/mol. The number of thiol groups is 1. The fourth-order valence-corrected chi connectivity index (χ4v) is 1.71. The van der Waals surface area contributed by atoms with E-state index in [4.69, 9.17) is 0 Å². The van der Waals surface area contributed by atoms with Gasteiger partial charge in [-0.25, -0.2) is 0 Å². The van der Waals surface area contributed by atoms with E-state index in [1.54, 1.807) is 0 Å². The summed E-state index contributed by atoms with van der Waals surface area (Å²) in [4.78, 5) is 2.33. The molecule has 1 rings (SSSR count). The van der Waals surface area contributed by atoms with Crippen molar-refractivity contribution in [3.8, 4) is 0 Å². The Kier molecular flexibility index (Phi) is 4.76. The summed E-state index contributed by atoms with van der Waals surface area (Å²) in [5, 5.41) is 0. The zero-order valence-corrected chi connectivity index (χ0v) is 10.4. The summed E-state index contributed by atoms with van der Waals surface area (Å²) in [6.07, 6.45) is 0. The van der Waals surface area contributed by atoms with E-state index in [0.717, 1.165) is 24.4 Å². The van der Waals surface area contributed by atoms with Crippen LogP contribution < -0.4 is 4.90 Å². The maximum Gasteiger partial charge on any atom is 0.0398 e. The fraction of sp³-hybridized carbons (Fsp3) is 0.385. The molecule has 0 amide bonds. The number of benzene rings is 1. The van der Waals surface area contributed by atoms with E-state index < -0.39 is 0 Å². The van der Waals surface area contributed by atoms with Gasteiger partial charge in [-0.1, -0.05) is 24.8 Å². The van der Waals surface area contributed by atoms with Gasteiger partial charge in [-0.2, -0.15) is 12.6 Å². The average Bonchev–Trinajstić information content (AvgIpc) is 2.26. The molecule has 0 saturated heterocycles. The van der Waals surface area contributed by atoms with Gasteiger partial charge in [0.25, 0.3) is 0 Å². The number of likely N-dealkylation sites (N-methyl/N-ethyl adjacent to an activating group) is 1. The van der Waals surface area contributed by atoms with Crippen LogP contribution in [-0.2, 0) is 0 Å². The third-order valence-corrected chi connectivity index (χ3v) is 2.92. The van der Waals surface area contributed by atoms with Crippen molar-refractivity contribution in [3.63, 3.8) is 0 Å². The van der Waals surface area contributed by atoms with Gasteiger partial charge in [-0.15, -0.1) is 0 Å². The molecular formula is C13H19NS. The SMILES string of the molecule is C=C(CS)CN(CC)c1ccccc1C. The molecule has 15 heavy (non-hydrogen) atoms. The second-order valence-electron chi connectivity index (χ2n) is 3.71. The first-order valence-electron chi connectivity index (χ1n) is 5.27. The molecule has 0 radical (unpaired) electrons. The minimum atomic E-state index is 0.752. The molecule has 0 aliphatic carbocycles. The molecule has 0 N–H and O–H groups in total. The van der Waals surface area contributed by atoms with E-state index >= 15 is 0 Å². The highest BCUT2D eigenvalue weighted by Gasteiger charge is 2.07. The van der Waals surface area contributed by atoms with E-state index in [1.807, 2.05) is 0 Å². The summed E-state index contributed by atoms with van der Waals surface area (Å²) < 4.78 is 0. The van der Waals surface area contributed by atoms with Crippen LogP contribution in [0.25, 0.3) is 0 Å². The summed E-state index contributed by atoms with van der Waals surface area (Å²) in [5.74, 6) is 0.752. The van der Waals surface area contributed by atoms with Crippen LogP contribution in [0.1, 0.15) is 12.5 Å². The molecule has 82 valence electrons. The first-order chi connectivity index (χ1) is 7.19. The normalized spacial score (nSPS) is 10.1. The lowest BCUT2D eigenvalue weighted by Gasteiger charge is -2.25. The second-order valence-corrected chi connectivity index (χ2v) is 4.03. The van der Waals surface area contributed by atoms with Gasteiger partial charge in [0.15, 0.2) is 0 Å². The van der Waals surface area contributed by atoms with Gasteiger partial charge >= 0.3 is 0 Å². The minimum Gasteiger partial charge on any atom is -0.368 e. The number of anilines is 1. The Bertz CT molecular complexity index is 333. The molecule has 1 nitrogen and oxygen atoms in total. The maximum absolute atomic E-state index is 4.24. The molecule has 0 bridgehead atoms. The van der Waals surface area contributed by atoms with Crippen molar-refractivity contribution < 1.29 is 0 Å². The zero-order valence-electron chi connectivity index (χ0n) is 9.53. The van der Waals surface area contributed by atoms with Gasteiger partial charge in [0.05, 0.1) is 0 Å². The Balaban J connectivity index is 2.83. The Morgan fingerprint density at radius 2 is 2.07 bits per heavy atom. The van der Waals surface area contributed by atoms with Crippen LogP contribution in [0.2, 0.25) is 0 Å². The molecular weight excluding hydrogens is 202 g/mol. The molecule has 0 spiro atoms. The number of hydrogen-bond acceptors (Lipinski definition) is 2. The predicted octanol–water partition coefficient (Wildman–Crippen LogP) is 3.31. The van der Waals surface area contributed by atoms with Crippen molar-refractivity contribution in [1.82, 2.24) is 0 Å². The van der Waals surface area contributed by atoms with Crippen LogP contribution in [0, 0.1) is 6.92 Å². The van der Waals surface area contributed by atoms with Crippen molar-refractivity contribution in [2.75, 3.05) is 23.7 Å². The third kappa shape index (κ3) is 3.31. The van der Waals surface area contributed by atoms with Crippen LogP contribution in [0.15, 0.2) is 36.4 Å². The summed E-state index contributed by atoms with van der Waals surface area (Å²) in [5.41, 5.74) is 3.76. The molecule has 0 aromatic heterocycles. The van der Waals surface area contributed by atoms with E-state index in [1.165, 1.54) is 11.3 Å².